The molecule has 0 saturated carbocycles. The zero-order valence-corrected chi connectivity index (χ0v) is 10.9. The molecule has 1 aliphatic heterocycles. The molecule has 0 N–H and O–H groups in total. The Hall–Kier alpha value is -1.42. The van der Waals surface area contributed by atoms with Gasteiger partial charge < -0.3 is 0 Å². The summed E-state index contributed by atoms with van der Waals surface area (Å²) in [4.78, 5) is 4.61. The lowest BCUT2D eigenvalue weighted by atomic mass is 10.3. The Balaban J connectivity index is 2.11. The average Bonchev–Trinajstić information content (AvgIpc) is 2.66. The number of hydrogen-bond acceptors (Lipinski definition) is 3. The summed E-state index contributed by atoms with van der Waals surface area (Å²) in [6.07, 6.45) is 0. The number of imidazole rings is 1. The van der Waals surface area contributed by atoms with Crippen molar-refractivity contribution in [1.82, 2.24) is 9.66 Å². The third-order valence-corrected chi connectivity index (χ3v) is 4.02. The predicted octanol–water partition coefficient (Wildman–Crippen LogP) is 2.88. The molecule has 4 heteroatoms. The first-order valence-electron chi connectivity index (χ1n) is 5.79. The van der Waals surface area contributed by atoms with Crippen LogP contribution in [-0.4, -0.2) is 22.0 Å². The molecule has 1 aromatic heterocycles. The molecule has 0 saturated heterocycles. The molecular formula is C13H15N3S. The van der Waals surface area contributed by atoms with Crippen molar-refractivity contribution in [2.45, 2.75) is 19.0 Å². The van der Waals surface area contributed by atoms with E-state index in [1.807, 2.05) is 11.8 Å². The van der Waals surface area contributed by atoms with E-state index in [0.717, 1.165) is 23.1 Å². The molecule has 1 aromatic carbocycles. The number of hydrogen-bond donors (Lipinski definition) is 0. The van der Waals surface area contributed by atoms with Gasteiger partial charge >= 0.3 is 0 Å². The standard InChI is InChI=1S/C13H15N3S/c1-10-11(2)16-13(14-10)17-9-8-15(16)12-6-4-3-5-7-12/h3-7H,8-9H2,1-2H3. The molecule has 0 bridgehead atoms. The molecule has 1 aliphatic rings. The molecule has 0 fully saturated rings. The fourth-order valence-corrected chi connectivity index (χ4v) is 3.12. The number of fused-ring (bicyclic) bond motifs is 1. The fourth-order valence-electron chi connectivity index (χ4n) is 2.11. The monoisotopic (exact) mass is 245 g/mol. The highest BCUT2D eigenvalue weighted by Gasteiger charge is 2.22. The van der Waals surface area contributed by atoms with Gasteiger partial charge in [0.15, 0.2) is 5.16 Å². The lowest BCUT2D eigenvalue weighted by Crippen LogP contribution is -2.36. The molecule has 88 valence electrons. The van der Waals surface area contributed by atoms with Crippen LogP contribution in [0.2, 0.25) is 0 Å². The maximum absolute atomic E-state index is 4.61. The molecule has 3 rings (SSSR count). The molecule has 2 heterocycles. The van der Waals surface area contributed by atoms with Gasteiger partial charge in [-0.2, -0.15) is 0 Å². The van der Waals surface area contributed by atoms with Crippen LogP contribution in [0.4, 0.5) is 5.69 Å². The number of aryl methyl sites for hydroxylation is 1. The van der Waals surface area contributed by atoms with Crippen LogP contribution in [0, 0.1) is 13.8 Å². The third kappa shape index (κ3) is 1.72. The second kappa shape index (κ2) is 4.11. The lowest BCUT2D eigenvalue weighted by molar-refractivity contribution is 0.620. The first-order valence-corrected chi connectivity index (χ1v) is 6.77. The topological polar surface area (TPSA) is 21.1 Å². The van der Waals surface area contributed by atoms with Crippen LogP contribution < -0.4 is 5.01 Å². The molecular weight excluding hydrogens is 230 g/mol. The second-order valence-corrected chi connectivity index (χ2v) is 5.25. The van der Waals surface area contributed by atoms with Crippen LogP contribution in [0.25, 0.3) is 0 Å². The highest BCUT2D eigenvalue weighted by atomic mass is 32.2. The number of aromatic nitrogens is 2. The normalized spacial score (nSPS) is 14.8. The number of nitrogens with zero attached hydrogens (tertiary/aromatic N) is 3. The van der Waals surface area contributed by atoms with E-state index in [2.05, 4.69) is 58.8 Å². The average molecular weight is 245 g/mol. The number of benzene rings is 1. The number of para-hydroxylation sites is 1. The lowest BCUT2D eigenvalue weighted by Gasteiger charge is -2.31. The van der Waals surface area contributed by atoms with Gasteiger partial charge in [-0.25, -0.2) is 9.66 Å². The van der Waals surface area contributed by atoms with Gasteiger partial charge in [0.2, 0.25) is 0 Å². The van der Waals surface area contributed by atoms with Crippen LogP contribution in [0.1, 0.15) is 11.4 Å². The summed E-state index contributed by atoms with van der Waals surface area (Å²) in [6.45, 7) is 5.23. The second-order valence-electron chi connectivity index (χ2n) is 4.18. The van der Waals surface area contributed by atoms with Crippen molar-refractivity contribution in [2.75, 3.05) is 17.3 Å². The molecule has 0 unspecified atom stereocenters. The van der Waals surface area contributed by atoms with Crippen molar-refractivity contribution in [3.8, 4) is 0 Å². The minimum absolute atomic E-state index is 1.03. The van der Waals surface area contributed by atoms with E-state index in [0.29, 0.717) is 0 Å². The number of rotatable bonds is 1. The Kier molecular flexibility index (Phi) is 2.59. The SMILES string of the molecule is Cc1nc2n(c1C)N(c1ccccc1)CCS2. The maximum Gasteiger partial charge on any atom is 0.187 e. The zero-order valence-electron chi connectivity index (χ0n) is 10.1. The van der Waals surface area contributed by atoms with E-state index >= 15 is 0 Å². The molecule has 0 atom stereocenters. The van der Waals surface area contributed by atoms with Gasteiger partial charge in [-0.15, -0.1) is 0 Å². The smallest absolute Gasteiger partial charge is 0.187 e. The van der Waals surface area contributed by atoms with Crippen LogP contribution in [0.3, 0.4) is 0 Å². The number of anilines is 1. The van der Waals surface area contributed by atoms with Crippen molar-refractivity contribution in [2.24, 2.45) is 0 Å². The first-order chi connectivity index (χ1) is 8.27. The Bertz CT molecular complexity index is 533. The van der Waals surface area contributed by atoms with Crippen LogP contribution in [-0.2, 0) is 0 Å². The van der Waals surface area contributed by atoms with Crippen LogP contribution >= 0.6 is 11.8 Å². The molecule has 0 spiro atoms. The molecule has 0 amide bonds. The Morgan fingerprint density at radius 3 is 2.71 bits per heavy atom. The molecule has 17 heavy (non-hydrogen) atoms. The van der Waals surface area contributed by atoms with E-state index in [-0.39, 0.29) is 0 Å². The van der Waals surface area contributed by atoms with Gasteiger partial charge in [0, 0.05) is 12.3 Å². The largest absolute Gasteiger partial charge is 0.278 e. The summed E-state index contributed by atoms with van der Waals surface area (Å²) in [7, 11) is 0. The fraction of sp³-hybridized carbons (Fsp3) is 0.308. The Labute approximate surface area is 105 Å². The minimum Gasteiger partial charge on any atom is -0.278 e. The summed E-state index contributed by atoms with van der Waals surface area (Å²) in [5.74, 6) is 1.09. The van der Waals surface area contributed by atoms with Crippen molar-refractivity contribution >= 4 is 17.4 Å². The van der Waals surface area contributed by atoms with Gasteiger partial charge in [-0.1, -0.05) is 30.0 Å². The number of thioether (sulfide) groups is 1. The van der Waals surface area contributed by atoms with Crippen molar-refractivity contribution in [1.29, 1.82) is 0 Å². The van der Waals surface area contributed by atoms with Crippen LogP contribution in [0.5, 0.6) is 0 Å². The van der Waals surface area contributed by atoms with E-state index in [1.165, 1.54) is 11.4 Å². The summed E-state index contributed by atoms with van der Waals surface area (Å²) in [5.41, 5.74) is 3.58. The van der Waals surface area contributed by atoms with E-state index in [9.17, 15) is 0 Å². The highest BCUT2D eigenvalue weighted by molar-refractivity contribution is 7.99. The highest BCUT2D eigenvalue weighted by Crippen LogP contribution is 2.29. The predicted molar refractivity (Wildman–Crippen MR) is 71.6 cm³/mol. The molecule has 0 aliphatic carbocycles. The Morgan fingerprint density at radius 1 is 1.18 bits per heavy atom. The van der Waals surface area contributed by atoms with Gasteiger partial charge in [0.1, 0.15) is 0 Å². The summed E-state index contributed by atoms with van der Waals surface area (Å²) < 4.78 is 2.23. The molecule has 2 aromatic rings. The maximum atomic E-state index is 4.61. The summed E-state index contributed by atoms with van der Waals surface area (Å²) in [6, 6.07) is 10.5. The van der Waals surface area contributed by atoms with E-state index in [1.54, 1.807) is 0 Å². The van der Waals surface area contributed by atoms with Gasteiger partial charge in [0.25, 0.3) is 0 Å². The van der Waals surface area contributed by atoms with Gasteiger partial charge in [-0.3, -0.25) is 5.01 Å². The van der Waals surface area contributed by atoms with Crippen molar-refractivity contribution < 1.29 is 0 Å². The molecule has 0 radical (unpaired) electrons. The van der Waals surface area contributed by atoms with Gasteiger partial charge in [-0.05, 0) is 26.0 Å². The zero-order chi connectivity index (χ0) is 11.8. The Morgan fingerprint density at radius 2 is 1.94 bits per heavy atom. The van der Waals surface area contributed by atoms with Crippen molar-refractivity contribution in [3.63, 3.8) is 0 Å². The van der Waals surface area contributed by atoms with E-state index < -0.39 is 0 Å². The summed E-state index contributed by atoms with van der Waals surface area (Å²) in [5, 5.41) is 3.41. The summed E-state index contributed by atoms with van der Waals surface area (Å²) >= 11 is 1.83. The third-order valence-electron chi connectivity index (χ3n) is 3.12. The minimum atomic E-state index is 1.03. The van der Waals surface area contributed by atoms with E-state index in [4.69, 9.17) is 0 Å². The van der Waals surface area contributed by atoms with Crippen molar-refractivity contribution in [3.05, 3.63) is 41.7 Å². The van der Waals surface area contributed by atoms with Gasteiger partial charge in [0.05, 0.1) is 17.1 Å². The quantitative estimate of drug-likeness (QED) is 0.771. The first kappa shape index (κ1) is 10.7. The van der Waals surface area contributed by atoms with Crippen LogP contribution in [0.15, 0.2) is 35.5 Å². The molecule has 3 nitrogen and oxygen atoms in total.